The first-order valence-electron chi connectivity index (χ1n) is 10.9. The molecule has 0 radical (unpaired) electrons. The van der Waals surface area contributed by atoms with Gasteiger partial charge in [0.25, 0.3) is 0 Å². The SMILES string of the molecule is Cc1cc(Nc2cnc(NC(=O)N[C@H]3CCN(C)C3)cc2C=N)ccn1.Cc1ccccc1. The average Bonchev–Trinajstić information content (AvgIpc) is 3.20. The predicted octanol–water partition coefficient (Wildman–Crippen LogP) is 4.35. The number of nitrogens with zero attached hydrogens (tertiary/aromatic N) is 3. The zero-order chi connectivity index (χ0) is 23.6. The fourth-order valence-corrected chi connectivity index (χ4v) is 3.47. The summed E-state index contributed by atoms with van der Waals surface area (Å²) < 4.78 is 0. The first kappa shape index (κ1) is 23.9. The third kappa shape index (κ3) is 7.69. The highest BCUT2D eigenvalue weighted by molar-refractivity contribution is 5.92. The summed E-state index contributed by atoms with van der Waals surface area (Å²) in [6.45, 7) is 5.82. The van der Waals surface area contributed by atoms with Gasteiger partial charge < -0.3 is 20.9 Å². The van der Waals surface area contributed by atoms with Crippen LogP contribution in [0.1, 0.15) is 23.2 Å². The molecule has 172 valence electrons. The van der Waals surface area contributed by atoms with Gasteiger partial charge in [-0.15, -0.1) is 0 Å². The van der Waals surface area contributed by atoms with E-state index >= 15 is 0 Å². The van der Waals surface area contributed by atoms with Crippen molar-refractivity contribution in [2.24, 2.45) is 0 Å². The van der Waals surface area contributed by atoms with E-state index in [2.05, 4.69) is 49.9 Å². The van der Waals surface area contributed by atoms with Crippen molar-refractivity contribution in [1.29, 1.82) is 5.41 Å². The molecule has 4 rings (SSSR count). The van der Waals surface area contributed by atoms with Crippen molar-refractivity contribution in [3.8, 4) is 0 Å². The summed E-state index contributed by atoms with van der Waals surface area (Å²) in [5, 5.41) is 16.5. The molecule has 0 aliphatic carbocycles. The lowest BCUT2D eigenvalue weighted by Crippen LogP contribution is -2.39. The maximum Gasteiger partial charge on any atom is 0.320 e. The van der Waals surface area contributed by atoms with E-state index in [1.54, 1.807) is 18.5 Å². The molecule has 3 heterocycles. The van der Waals surface area contributed by atoms with Gasteiger partial charge >= 0.3 is 6.03 Å². The van der Waals surface area contributed by atoms with E-state index in [-0.39, 0.29) is 12.1 Å². The normalized spacial score (nSPS) is 15.2. The molecule has 8 heteroatoms. The molecule has 0 spiro atoms. The Morgan fingerprint density at radius 1 is 1.15 bits per heavy atom. The highest BCUT2D eigenvalue weighted by Gasteiger charge is 2.21. The largest absolute Gasteiger partial charge is 0.354 e. The third-order valence-corrected chi connectivity index (χ3v) is 5.18. The van der Waals surface area contributed by atoms with Crippen molar-refractivity contribution in [3.63, 3.8) is 0 Å². The summed E-state index contributed by atoms with van der Waals surface area (Å²) in [4.78, 5) is 22.7. The fraction of sp³-hybridized carbons (Fsp3) is 0.280. The average molecular weight is 446 g/mol. The van der Waals surface area contributed by atoms with E-state index in [4.69, 9.17) is 5.41 Å². The molecule has 2 aromatic heterocycles. The fourth-order valence-electron chi connectivity index (χ4n) is 3.47. The number of urea groups is 1. The van der Waals surface area contributed by atoms with Gasteiger partial charge in [-0.25, -0.2) is 9.78 Å². The van der Waals surface area contributed by atoms with Crippen LogP contribution in [0.3, 0.4) is 0 Å². The van der Waals surface area contributed by atoms with Crippen molar-refractivity contribution < 1.29 is 4.79 Å². The lowest BCUT2D eigenvalue weighted by Gasteiger charge is -2.14. The quantitative estimate of drug-likeness (QED) is 0.437. The molecule has 0 saturated carbocycles. The van der Waals surface area contributed by atoms with E-state index in [1.807, 2.05) is 44.3 Å². The van der Waals surface area contributed by atoms with Gasteiger partial charge in [0.1, 0.15) is 5.82 Å². The van der Waals surface area contributed by atoms with Crippen LogP contribution in [0.4, 0.5) is 22.0 Å². The summed E-state index contributed by atoms with van der Waals surface area (Å²) in [7, 11) is 2.04. The van der Waals surface area contributed by atoms with Crippen LogP contribution in [0.5, 0.6) is 0 Å². The number of hydrogen-bond donors (Lipinski definition) is 4. The van der Waals surface area contributed by atoms with Gasteiger partial charge in [-0.3, -0.25) is 10.3 Å². The second-order valence-corrected chi connectivity index (χ2v) is 8.11. The summed E-state index contributed by atoms with van der Waals surface area (Å²) in [5.41, 5.74) is 4.40. The smallest absolute Gasteiger partial charge is 0.320 e. The minimum atomic E-state index is -0.279. The van der Waals surface area contributed by atoms with Crippen LogP contribution in [0.2, 0.25) is 0 Å². The van der Waals surface area contributed by atoms with Gasteiger partial charge in [-0.05, 0) is 52.1 Å². The van der Waals surface area contributed by atoms with Crippen molar-refractivity contribution in [1.82, 2.24) is 20.2 Å². The van der Waals surface area contributed by atoms with Crippen molar-refractivity contribution in [2.75, 3.05) is 30.8 Å². The van der Waals surface area contributed by atoms with Crippen molar-refractivity contribution in [3.05, 3.63) is 77.7 Å². The zero-order valence-electron chi connectivity index (χ0n) is 19.3. The van der Waals surface area contributed by atoms with Gasteiger partial charge in [0, 0.05) is 41.9 Å². The lowest BCUT2D eigenvalue weighted by atomic mass is 10.2. The van der Waals surface area contributed by atoms with Gasteiger partial charge in [0.2, 0.25) is 0 Å². The number of pyridine rings is 2. The Labute approximate surface area is 195 Å². The van der Waals surface area contributed by atoms with Gasteiger partial charge in [0.15, 0.2) is 0 Å². The lowest BCUT2D eigenvalue weighted by molar-refractivity contribution is 0.248. The molecule has 1 atom stereocenters. The Morgan fingerprint density at radius 2 is 1.94 bits per heavy atom. The number of aryl methyl sites for hydroxylation is 2. The first-order chi connectivity index (χ1) is 15.9. The number of aromatic nitrogens is 2. The molecule has 0 bridgehead atoms. The molecule has 1 aromatic carbocycles. The number of carbonyl (C=O) groups is 1. The summed E-state index contributed by atoms with van der Waals surface area (Å²) in [5.74, 6) is 0.406. The van der Waals surface area contributed by atoms with E-state index < -0.39 is 0 Å². The molecule has 2 amide bonds. The number of nitrogens with one attached hydrogen (secondary N) is 4. The molecule has 3 aromatic rings. The van der Waals surface area contributed by atoms with Crippen LogP contribution in [0.15, 0.2) is 60.9 Å². The van der Waals surface area contributed by atoms with Gasteiger partial charge in [0.05, 0.1) is 11.9 Å². The molecule has 0 unspecified atom stereocenters. The third-order valence-electron chi connectivity index (χ3n) is 5.18. The highest BCUT2D eigenvalue weighted by atomic mass is 16.2. The molecular weight excluding hydrogens is 414 g/mol. The summed E-state index contributed by atoms with van der Waals surface area (Å²) in [6, 6.07) is 15.6. The Bertz CT molecular complexity index is 1070. The van der Waals surface area contributed by atoms with E-state index in [1.165, 1.54) is 11.8 Å². The van der Waals surface area contributed by atoms with Crippen LogP contribution in [-0.4, -0.2) is 53.3 Å². The summed E-state index contributed by atoms with van der Waals surface area (Å²) >= 11 is 0. The Hall–Kier alpha value is -3.78. The monoisotopic (exact) mass is 445 g/mol. The van der Waals surface area contributed by atoms with Gasteiger partial charge in [-0.2, -0.15) is 0 Å². The maximum atomic E-state index is 12.1. The summed E-state index contributed by atoms with van der Waals surface area (Å²) in [6.07, 6.45) is 5.50. The van der Waals surface area contributed by atoms with Crippen molar-refractivity contribution >= 4 is 29.4 Å². The van der Waals surface area contributed by atoms with E-state index in [9.17, 15) is 4.79 Å². The van der Waals surface area contributed by atoms with Gasteiger partial charge in [-0.1, -0.05) is 35.9 Å². The van der Waals surface area contributed by atoms with Crippen LogP contribution < -0.4 is 16.0 Å². The molecule has 33 heavy (non-hydrogen) atoms. The molecule has 1 saturated heterocycles. The molecule has 1 fully saturated rings. The van der Waals surface area contributed by atoms with Crippen LogP contribution in [0, 0.1) is 19.3 Å². The zero-order valence-corrected chi connectivity index (χ0v) is 19.3. The minimum Gasteiger partial charge on any atom is -0.354 e. The number of anilines is 3. The predicted molar refractivity (Wildman–Crippen MR) is 134 cm³/mol. The Morgan fingerprint density at radius 3 is 2.55 bits per heavy atom. The number of benzene rings is 1. The Kier molecular flexibility index (Phi) is 8.49. The molecule has 1 aliphatic heterocycles. The second kappa shape index (κ2) is 11.7. The maximum absolute atomic E-state index is 12.1. The Balaban J connectivity index is 0.000000374. The van der Waals surface area contributed by atoms with Crippen LogP contribution >= 0.6 is 0 Å². The van der Waals surface area contributed by atoms with Crippen LogP contribution in [-0.2, 0) is 0 Å². The number of amides is 2. The first-order valence-corrected chi connectivity index (χ1v) is 10.9. The number of carbonyl (C=O) groups excluding carboxylic acids is 1. The minimum absolute atomic E-state index is 0.151. The van der Waals surface area contributed by atoms with E-state index in [0.29, 0.717) is 17.1 Å². The number of likely N-dealkylation sites (N-methyl/N-ethyl adjacent to an activating group) is 1. The second-order valence-electron chi connectivity index (χ2n) is 8.11. The number of hydrogen-bond acceptors (Lipinski definition) is 6. The standard InChI is InChI=1S/C18H23N7O.C7H8/c1-12-7-14(3-5-20-12)22-16-10-21-17(8-13(16)9-19)24-18(26)23-15-4-6-25(2)11-15;1-7-5-3-2-4-6-7/h3,5,7-10,15,19H,4,6,11H2,1-2H3,(H,20,22)(H2,21,23,24,26);2-6H,1H3/t15-;/m0./s1. The topological polar surface area (TPSA) is 106 Å². The molecule has 1 aliphatic rings. The number of likely N-dealkylation sites (tertiary alicyclic amines) is 1. The molecular formula is C25H31N7O. The van der Waals surface area contributed by atoms with Crippen LogP contribution in [0.25, 0.3) is 0 Å². The number of rotatable bonds is 5. The highest BCUT2D eigenvalue weighted by Crippen LogP contribution is 2.21. The molecule has 4 N–H and O–H groups in total. The molecule has 8 nitrogen and oxygen atoms in total. The van der Waals surface area contributed by atoms with E-state index in [0.717, 1.165) is 30.9 Å². The van der Waals surface area contributed by atoms with Crippen molar-refractivity contribution in [2.45, 2.75) is 26.3 Å².